The monoisotopic (exact) mass is 228 g/mol. The minimum Gasteiger partial charge on any atom is -0.315 e. The molecule has 0 heterocycles. The Morgan fingerprint density at radius 3 is 2.31 bits per heavy atom. The minimum absolute atomic E-state index is 0.656. The largest absolute Gasteiger partial charge is 0.315 e. The molecule has 0 bridgehead atoms. The van der Waals surface area contributed by atoms with Crippen LogP contribution < -0.4 is 10.6 Å². The van der Waals surface area contributed by atoms with E-state index in [1.54, 1.807) is 0 Å². The molecule has 0 amide bonds. The third kappa shape index (κ3) is 9.17. The molecule has 16 heavy (non-hydrogen) atoms. The standard InChI is InChI=1S/C14H32N2/c1-5-8-9-14(7-3)12-15-10-11-16-13(4)6-2/h13-16H,5-12H2,1-4H3. The van der Waals surface area contributed by atoms with Gasteiger partial charge in [0.15, 0.2) is 0 Å². The van der Waals surface area contributed by atoms with E-state index in [2.05, 4.69) is 38.3 Å². The van der Waals surface area contributed by atoms with Crippen LogP contribution >= 0.6 is 0 Å². The summed E-state index contributed by atoms with van der Waals surface area (Å²) in [6.07, 6.45) is 6.62. The fourth-order valence-corrected chi connectivity index (χ4v) is 1.80. The molecule has 2 heteroatoms. The van der Waals surface area contributed by atoms with Crippen molar-refractivity contribution in [3.8, 4) is 0 Å². The lowest BCUT2D eigenvalue weighted by Gasteiger charge is -2.16. The Bertz CT molecular complexity index is 137. The van der Waals surface area contributed by atoms with E-state index in [1.807, 2.05) is 0 Å². The quantitative estimate of drug-likeness (QED) is 0.531. The van der Waals surface area contributed by atoms with Crippen LogP contribution in [0.1, 0.15) is 59.8 Å². The average Bonchev–Trinajstić information content (AvgIpc) is 2.32. The average molecular weight is 228 g/mol. The van der Waals surface area contributed by atoms with Crippen LogP contribution in [0.25, 0.3) is 0 Å². The summed E-state index contributed by atoms with van der Waals surface area (Å²) >= 11 is 0. The summed E-state index contributed by atoms with van der Waals surface area (Å²) in [6.45, 7) is 12.4. The SMILES string of the molecule is CCCCC(CC)CNCCNC(C)CC. The molecule has 2 unspecified atom stereocenters. The molecule has 0 aromatic rings. The minimum atomic E-state index is 0.656. The van der Waals surface area contributed by atoms with E-state index in [4.69, 9.17) is 0 Å². The second-order valence-corrected chi connectivity index (χ2v) is 4.88. The first kappa shape index (κ1) is 15.9. The van der Waals surface area contributed by atoms with Gasteiger partial charge in [0, 0.05) is 19.1 Å². The molecule has 2 atom stereocenters. The molecule has 0 aromatic heterocycles. The van der Waals surface area contributed by atoms with Crippen molar-refractivity contribution in [2.45, 2.75) is 65.8 Å². The van der Waals surface area contributed by atoms with E-state index in [0.717, 1.165) is 19.0 Å². The zero-order valence-electron chi connectivity index (χ0n) is 11.8. The van der Waals surface area contributed by atoms with Crippen molar-refractivity contribution in [3.05, 3.63) is 0 Å². The molecule has 0 rings (SSSR count). The second kappa shape index (κ2) is 11.4. The van der Waals surface area contributed by atoms with Crippen molar-refractivity contribution in [1.82, 2.24) is 10.6 Å². The van der Waals surface area contributed by atoms with Crippen molar-refractivity contribution in [2.75, 3.05) is 19.6 Å². The van der Waals surface area contributed by atoms with Crippen LogP contribution in [0.5, 0.6) is 0 Å². The van der Waals surface area contributed by atoms with Gasteiger partial charge in [-0.05, 0) is 32.2 Å². The maximum absolute atomic E-state index is 3.56. The summed E-state index contributed by atoms with van der Waals surface area (Å²) in [5.41, 5.74) is 0. The van der Waals surface area contributed by atoms with Crippen LogP contribution in [-0.4, -0.2) is 25.7 Å². The van der Waals surface area contributed by atoms with Gasteiger partial charge in [-0.15, -0.1) is 0 Å². The molecule has 0 fully saturated rings. The molecular formula is C14H32N2. The number of rotatable bonds is 11. The molecule has 0 saturated carbocycles. The predicted molar refractivity (Wildman–Crippen MR) is 73.9 cm³/mol. The molecule has 0 saturated heterocycles. The van der Waals surface area contributed by atoms with Gasteiger partial charge in [-0.2, -0.15) is 0 Å². The molecular weight excluding hydrogens is 196 g/mol. The van der Waals surface area contributed by atoms with Gasteiger partial charge >= 0.3 is 0 Å². The highest BCUT2D eigenvalue weighted by Gasteiger charge is 2.04. The molecule has 2 N–H and O–H groups in total. The van der Waals surface area contributed by atoms with E-state index in [1.165, 1.54) is 38.6 Å². The van der Waals surface area contributed by atoms with Gasteiger partial charge in [0.2, 0.25) is 0 Å². The Labute approximate surface area is 103 Å². The Morgan fingerprint density at radius 2 is 1.75 bits per heavy atom. The molecule has 0 spiro atoms. The van der Waals surface area contributed by atoms with Gasteiger partial charge in [0.25, 0.3) is 0 Å². The third-order valence-corrected chi connectivity index (χ3v) is 3.38. The number of unbranched alkanes of at least 4 members (excludes halogenated alkanes) is 1. The first-order chi connectivity index (χ1) is 7.74. The summed E-state index contributed by atoms with van der Waals surface area (Å²) in [5.74, 6) is 0.878. The van der Waals surface area contributed by atoms with Crippen molar-refractivity contribution < 1.29 is 0 Å². The molecule has 0 aliphatic heterocycles. The van der Waals surface area contributed by atoms with Crippen LogP contribution in [0.2, 0.25) is 0 Å². The zero-order valence-corrected chi connectivity index (χ0v) is 11.8. The van der Waals surface area contributed by atoms with E-state index >= 15 is 0 Å². The maximum Gasteiger partial charge on any atom is 0.00792 e. The first-order valence-corrected chi connectivity index (χ1v) is 7.18. The fraction of sp³-hybridized carbons (Fsp3) is 1.00. The molecule has 0 aliphatic rings. The van der Waals surface area contributed by atoms with Crippen LogP contribution in [0.3, 0.4) is 0 Å². The smallest absolute Gasteiger partial charge is 0.00792 e. The van der Waals surface area contributed by atoms with E-state index < -0.39 is 0 Å². The topological polar surface area (TPSA) is 24.1 Å². The van der Waals surface area contributed by atoms with Crippen molar-refractivity contribution in [2.24, 2.45) is 5.92 Å². The molecule has 0 radical (unpaired) electrons. The maximum atomic E-state index is 3.56. The Balaban J connectivity index is 3.33. The van der Waals surface area contributed by atoms with Gasteiger partial charge in [-0.25, -0.2) is 0 Å². The first-order valence-electron chi connectivity index (χ1n) is 7.18. The highest BCUT2D eigenvalue weighted by atomic mass is 15.0. The Kier molecular flexibility index (Phi) is 11.3. The predicted octanol–water partition coefficient (Wildman–Crippen LogP) is 3.18. The lowest BCUT2D eigenvalue weighted by atomic mass is 9.99. The van der Waals surface area contributed by atoms with Gasteiger partial charge < -0.3 is 10.6 Å². The summed E-state index contributed by atoms with van der Waals surface area (Å²) in [5, 5.41) is 7.07. The van der Waals surface area contributed by atoms with Crippen molar-refractivity contribution in [1.29, 1.82) is 0 Å². The third-order valence-electron chi connectivity index (χ3n) is 3.38. The highest BCUT2D eigenvalue weighted by Crippen LogP contribution is 2.10. The van der Waals surface area contributed by atoms with E-state index in [9.17, 15) is 0 Å². The van der Waals surface area contributed by atoms with Crippen LogP contribution in [0.15, 0.2) is 0 Å². The summed E-state index contributed by atoms with van der Waals surface area (Å²) in [7, 11) is 0. The summed E-state index contributed by atoms with van der Waals surface area (Å²) < 4.78 is 0. The number of hydrogen-bond donors (Lipinski definition) is 2. The number of nitrogens with one attached hydrogen (secondary N) is 2. The molecule has 0 aliphatic carbocycles. The van der Waals surface area contributed by atoms with Gasteiger partial charge in [0.1, 0.15) is 0 Å². The Hall–Kier alpha value is -0.0800. The van der Waals surface area contributed by atoms with Gasteiger partial charge in [-0.3, -0.25) is 0 Å². The Morgan fingerprint density at radius 1 is 1.00 bits per heavy atom. The molecule has 98 valence electrons. The zero-order chi connectivity index (χ0) is 12.2. The van der Waals surface area contributed by atoms with Gasteiger partial charge in [0.05, 0.1) is 0 Å². The lowest BCUT2D eigenvalue weighted by molar-refractivity contribution is 0.414. The van der Waals surface area contributed by atoms with Gasteiger partial charge in [-0.1, -0.05) is 40.0 Å². The fourth-order valence-electron chi connectivity index (χ4n) is 1.80. The van der Waals surface area contributed by atoms with Crippen LogP contribution in [0.4, 0.5) is 0 Å². The normalized spacial score (nSPS) is 15.0. The molecule has 2 nitrogen and oxygen atoms in total. The second-order valence-electron chi connectivity index (χ2n) is 4.88. The van der Waals surface area contributed by atoms with E-state index in [0.29, 0.717) is 6.04 Å². The number of hydrogen-bond acceptors (Lipinski definition) is 2. The highest BCUT2D eigenvalue weighted by molar-refractivity contribution is 4.63. The summed E-state index contributed by atoms with van der Waals surface area (Å²) in [6, 6.07) is 0.656. The molecule has 0 aromatic carbocycles. The van der Waals surface area contributed by atoms with Crippen molar-refractivity contribution >= 4 is 0 Å². The van der Waals surface area contributed by atoms with Crippen LogP contribution in [0, 0.1) is 5.92 Å². The van der Waals surface area contributed by atoms with Crippen molar-refractivity contribution in [3.63, 3.8) is 0 Å². The lowest BCUT2D eigenvalue weighted by Crippen LogP contribution is -2.34. The van der Waals surface area contributed by atoms with Crippen LogP contribution in [-0.2, 0) is 0 Å². The van der Waals surface area contributed by atoms with E-state index in [-0.39, 0.29) is 0 Å². The summed E-state index contributed by atoms with van der Waals surface area (Å²) in [4.78, 5) is 0.